The van der Waals surface area contributed by atoms with Crippen molar-refractivity contribution in [3.8, 4) is 22.1 Å². The SMILES string of the molecule is COc1ccc(-c2nc(CN3CCN(C(=O)Cc4cccc(OC)c4)CC3)cs2)cc1. The van der Waals surface area contributed by atoms with Crippen LogP contribution in [0.15, 0.2) is 53.9 Å². The van der Waals surface area contributed by atoms with Gasteiger partial charge in [-0.05, 0) is 42.0 Å². The molecule has 2 heterocycles. The number of benzene rings is 2. The summed E-state index contributed by atoms with van der Waals surface area (Å²) >= 11 is 1.66. The molecule has 7 heteroatoms. The zero-order valence-corrected chi connectivity index (χ0v) is 18.7. The monoisotopic (exact) mass is 437 g/mol. The number of thiazole rings is 1. The van der Waals surface area contributed by atoms with Crippen LogP contribution in [0.4, 0.5) is 0 Å². The van der Waals surface area contributed by atoms with Gasteiger partial charge in [-0.25, -0.2) is 4.98 Å². The lowest BCUT2D eigenvalue weighted by Crippen LogP contribution is -2.48. The molecule has 1 aromatic heterocycles. The number of piperazine rings is 1. The number of rotatable bonds is 7. The van der Waals surface area contributed by atoms with E-state index in [0.29, 0.717) is 6.42 Å². The largest absolute Gasteiger partial charge is 0.497 e. The van der Waals surface area contributed by atoms with Crippen molar-refractivity contribution in [3.05, 3.63) is 65.2 Å². The van der Waals surface area contributed by atoms with Crippen LogP contribution in [0.5, 0.6) is 11.5 Å². The molecule has 1 amide bonds. The molecule has 4 rings (SSSR count). The van der Waals surface area contributed by atoms with Gasteiger partial charge in [0.25, 0.3) is 0 Å². The quantitative estimate of drug-likeness (QED) is 0.564. The third kappa shape index (κ3) is 5.42. The molecular formula is C24H27N3O3S. The summed E-state index contributed by atoms with van der Waals surface area (Å²) in [6, 6.07) is 15.7. The van der Waals surface area contributed by atoms with E-state index in [1.165, 1.54) is 0 Å². The summed E-state index contributed by atoms with van der Waals surface area (Å²) < 4.78 is 10.5. The Bertz CT molecular complexity index is 1010. The first-order chi connectivity index (χ1) is 15.1. The molecule has 0 saturated carbocycles. The second-order valence-corrected chi connectivity index (χ2v) is 8.42. The van der Waals surface area contributed by atoms with Gasteiger partial charge < -0.3 is 14.4 Å². The smallest absolute Gasteiger partial charge is 0.227 e. The van der Waals surface area contributed by atoms with E-state index >= 15 is 0 Å². The molecule has 0 unspecified atom stereocenters. The van der Waals surface area contributed by atoms with Gasteiger partial charge in [-0.3, -0.25) is 9.69 Å². The van der Waals surface area contributed by atoms with Crippen molar-refractivity contribution in [2.45, 2.75) is 13.0 Å². The summed E-state index contributed by atoms with van der Waals surface area (Å²) in [4.78, 5) is 21.8. The van der Waals surface area contributed by atoms with Crippen LogP contribution < -0.4 is 9.47 Å². The van der Waals surface area contributed by atoms with Gasteiger partial charge in [0.1, 0.15) is 16.5 Å². The fourth-order valence-electron chi connectivity index (χ4n) is 3.70. The van der Waals surface area contributed by atoms with Crippen molar-refractivity contribution in [3.63, 3.8) is 0 Å². The number of methoxy groups -OCH3 is 2. The number of amides is 1. The van der Waals surface area contributed by atoms with Crippen LogP contribution in [-0.2, 0) is 17.8 Å². The standard InChI is InChI=1S/C24H27N3O3S/c1-29-21-8-6-19(7-9-21)24-25-20(17-31-24)16-26-10-12-27(13-11-26)23(28)15-18-4-3-5-22(14-18)30-2/h3-9,14,17H,10-13,15-16H2,1-2H3. The minimum Gasteiger partial charge on any atom is -0.497 e. The number of nitrogens with zero attached hydrogens (tertiary/aromatic N) is 3. The molecule has 162 valence electrons. The van der Waals surface area contributed by atoms with Gasteiger partial charge >= 0.3 is 0 Å². The lowest BCUT2D eigenvalue weighted by Gasteiger charge is -2.34. The molecule has 6 nitrogen and oxygen atoms in total. The maximum absolute atomic E-state index is 12.7. The Kier molecular flexibility index (Phi) is 6.84. The van der Waals surface area contributed by atoms with Crippen molar-refractivity contribution in [2.24, 2.45) is 0 Å². The van der Waals surface area contributed by atoms with Crippen LogP contribution in [0, 0.1) is 0 Å². The fraction of sp³-hybridized carbons (Fsp3) is 0.333. The van der Waals surface area contributed by atoms with E-state index in [-0.39, 0.29) is 5.91 Å². The Morgan fingerprint density at radius 2 is 1.74 bits per heavy atom. The van der Waals surface area contributed by atoms with E-state index in [9.17, 15) is 4.79 Å². The molecule has 0 spiro atoms. The van der Waals surface area contributed by atoms with Crippen LogP contribution in [0.3, 0.4) is 0 Å². The fourth-order valence-corrected chi connectivity index (χ4v) is 4.52. The average molecular weight is 438 g/mol. The number of hydrogen-bond donors (Lipinski definition) is 0. The second-order valence-electron chi connectivity index (χ2n) is 7.56. The molecule has 1 aliphatic heterocycles. The molecule has 0 atom stereocenters. The van der Waals surface area contributed by atoms with Crippen molar-refractivity contribution in [1.29, 1.82) is 0 Å². The molecule has 1 aliphatic rings. The predicted octanol–water partition coefficient (Wildman–Crippen LogP) is 3.71. The van der Waals surface area contributed by atoms with E-state index in [4.69, 9.17) is 14.5 Å². The van der Waals surface area contributed by atoms with Crippen molar-refractivity contribution >= 4 is 17.2 Å². The highest BCUT2D eigenvalue weighted by Crippen LogP contribution is 2.26. The first kappa shape index (κ1) is 21.3. The molecule has 31 heavy (non-hydrogen) atoms. The number of hydrogen-bond acceptors (Lipinski definition) is 6. The third-order valence-corrected chi connectivity index (χ3v) is 6.43. The highest BCUT2D eigenvalue weighted by atomic mass is 32.1. The summed E-state index contributed by atoms with van der Waals surface area (Å²) in [6.45, 7) is 4.03. The topological polar surface area (TPSA) is 54.9 Å². The van der Waals surface area contributed by atoms with E-state index < -0.39 is 0 Å². The van der Waals surface area contributed by atoms with Crippen molar-refractivity contribution < 1.29 is 14.3 Å². The normalized spacial score (nSPS) is 14.5. The molecule has 1 saturated heterocycles. The Hall–Kier alpha value is -2.90. The zero-order chi connectivity index (χ0) is 21.6. The van der Waals surface area contributed by atoms with E-state index in [0.717, 1.165) is 66.1 Å². The van der Waals surface area contributed by atoms with Gasteiger partial charge in [-0.2, -0.15) is 0 Å². The molecule has 3 aromatic rings. The number of carbonyl (C=O) groups is 1. The maximum Gasteiger partial charge on any atom is 0.227 e. The highest BCUT2D eigenvalue weighted by molar-refractivity contribution is 7.13. The van der Waals surface area contributed by atoms with E-state index in [1.807, 2.05) is 53.4 Å². The minimum atomic E-state index is 0.170. The van der Waals surface area contributed by atoms with Crippen LogP contribution in [0.25, 0.3) is 10.6 Å². The summed E-state index contributed by atoms with van der Waals surface area (Å²) in [5, 5.41) is 3.14. The van der Waals surface area contributed by atoms with Crippen LogP contribution >= 0.6 is 11.3 Å². The first-order valence-electron chi connectivity index (χ1n) is 10.4. The van der Waals surface area contributed by atoms with Crippen LogP contribution in [0.1, 0.15) is 11.3 Å². The summed E-state index contributed by atoms with van der Waals surface area (Å²) in [5.74, 6) is 1.80. The molecule has 2 aromatic carbocycles. The molecule has 0 bridgehead atoms. The lowest BCUT2D eigenvalue weighted by atomic mass is 10.1. The van der Waals surface area contributed by atoms with Gasteiger partial charge in [0, 0.05) is 43.7 Å². The third-order valence-electron chi connectivity index (χ3n) is 5.49. The molecule has 0 aliphatic carbocycles. The second kappa shape index (κ2) is 9.94. The Balaban J connectivity index is 1.28. The number of ether oxygens (including phenoxy) is 2. The van der Waals surface area contributed by atoms with Gasteiger partial charge in [-0.1, -0.05) is 12.1 Å². The molecule has 0 radical (unpaired) electrons. The summed E-state index contributed by atoms with van der Waals surface area (Å²) in [6.07, 6.45) is 0.411. The molecule has 1 fully saturated rings. The lowest BCUT2D eigenvalue weighted by molar-refractivity contribution is -0.132. The first-order valence-corrected chi connectivity index (χ1v) is 11.2. The van der Waals surface area contributed by atoms with Crippen molar-refractivity contribution in [1.82, 2.24) is 14.8 Å². The van der Waals surface area contributed by atoms with Gasteiger partial charge in [-0.15, -0.1) is 11.3 Å². The Morgan fingerprint density at radius 3 is 2.45 bits per heavy atom. The van der Waals surface area contributed by atoms with E-state index in [2.05, 4.69) is 10.3 Å². The van der Waals surface area contributed by atoms with Gasteiger partial charge in [0.15, 0.2) is 0 Å². The van der Waals surface area contributed by atoms with Crippen LogP contribution in [-0.4, -0.2) is 61.1 Å². The van der Waals surface area contributed by atoms with Gasteiger partial charge in [0.05, 0.1) is 26.3 Å². The minimum absolute atomic E-state index is 0.170. The predicted molar refractivity (Wildman–Crippen MR) is 123 cm³/mol. The van der Waals surface area contributed by atoms with Gasteiger partial charge in [0.2, 0.25) is 5.91 Å². The average Bonchev–Trinajstić information content (AvgIpc) is 3.28. The summed E-state index contributed by atoms with van der Waals surface area (Å²) in [7, 11) is 3.31. The Labute approximate surface area is 187 Å². The maximum atomic E-state index is 12.7. The number of aromatic nitrogens is 1. The van der Waals surface area contributed by atoms with Crippen molar-refractivity contribution in [2.75, 3.05) is 40.4 Å². The van der Waals surface area contributed by atoms with Crippen LogP contribution in [0.2, 0.25) is 0 Å². The molecule has 0 N–H and O–H groups in total. The summed E-state index contributed by atoms with van der Waals surface area (Å²) in [5.41, 5.74) is 3.16. The van der Waals surface area contributed by atoms with E-state index in [1.54, 1.807) is 25.6 Å². The highest BCUT2D eigenvalue weighted by Gasteiger charge is 2.22. The molecular weight excluding hydrogens is 410 g/mol. The number of carbonyl (C=O) groups excluding carboxylic acids is 1. The zero-order valence-electron chi connectivity index (χ0n) is 17.9. The Morgan fingerprint density at radius 1 is 1.00 bits per heavy atom.